The number of esters is 1. The summed E-state index contributed by atoms with van der Waals surface area (Å²) in [6.07, 6.45) is 0. The highest BCUT2D eigenvalue weighted by Gasteiger charge is 2.09. The van der Waals surface area contributed by atoms with Crippen molar-refractivity contribution < 1.29 is 19.0 Å². The maximum Gasteiger partial charge on any atom is 0.319 e. The lowest BCUT2D eigenvalue weighted by Crippen LogP contribution is -2.23. The average molecular weight is 239 g/mol. The maximum absolute atomic E-state index is 10.9. The molecule has 1 aromatic carbocycles. The summed E-state index contributed by atoms with van der Waals surface area (Å²) >= 11 is 0. The van der Waals surface area contributed by atoms with Crippen LogP contribution < -0.4 is 14.8 Å². The van der Waals surface area contributed by atoms with E-state index in [2.05, 4.69) is 10.1 Å². The molecule has 0 spiro atoms. The number of ether oxygens (including phenoxy) is 3. The van der Waals surface area contributed by atoms with Gasteiger partial charge in [0.1, 0.15) is 0 Å². The van der Waals surface area contributed by atoms with Gasteiger partial charge in [0, 0.05) is 12.1 Å². The molecule has 0 bridgehead atoms. The summed E-state index contributed by atoms with van der Waals surface area (Å²) in [6.45, 7) is 0.673. The Kier molecular flexibility index (Phi) is 5.29. The summed E-state index contributed by atoms with van der Waals surface area (Å²) < 4.78 is 15.0. The van der Waals surface area contributed by atoms with E-state index in [0.29, 0.717) is 18.0 Å². The van der Waals surface area contributed by atoms with Gasteiger partial charge in [-0.1, -0.05) is 12.1 Å². The summed E-state index contributed by atoms with van der Waals surface area (Å²) in [5, 5.41) is 2.97. The third-order valence-corrected chi connectivity index (χ3v) is 2.30. The lowest BCUT2D eigenvalue weighted by Gasteiger charge is -2.12. The fourth-order valence-corrected chi connectivity index (χ4v) is 1.46. The fourth-order valence-electron chi connectivity index (χ4n) is 1.46. The molecule has 5 heteroatoms. The molecule has 0 heterocycles. The van der Waals surface area contributed by atoms with E-state index >= 15 is 0 Å². The summed E-state index contributed by atoms with van der Waals surface area (Å²) in [6, 6.07) is 5.60. The normalized spacial score (nSPS) is 9.82. The summed E-state index contributed by atoms with van der Waals surface area (Å²) in [4.78, 5) is 10.9. The van der Waals surface area contributed by atoms with Crippen LogP contribution in [0.3, 0.4) is 0 Å². The van der Waals surface area contributed by atoms with Crippen molar-refractivity contribution in [2.24, 2.45) is 0 Å². The van der Waals surface area contributed by atoms with Crippen LogP contribution in [-0.4, -0.2) is 33.8 Å². The second-order valence-corrected chi connectivity index (χ2v) is 3.33. The van der Waals surface area contributed by atoms with E-state index in [1.807, 2.05) is 18.2 Å². The summed E-state index contributed by atoms with van der Waals surface area (Å²) in [5.41, 5.74) is 0.927. The molecule has 0 aliphatic heterocycles. The van der Waals surface area contributed by atoms with E-state index in [1.165, 1.54) is 7.11 Å². The Morgan fingerprint density at radius 2 is 2.00 bits per heavy atom. The molecule has 0 saturated carbocycles. The monoisotopic (exact) mass is 239 g/mol. The van der Waals surface area contributed by atoms with Crippen molar-refractivity contribution in [3.63, 3.8) is 0 Å². The van der Waals surface area contributed by atoms with Crippen LogP contribution in [0.4, 0.5) is 0 Å². The van der Waals surface area contributed by atoms with Crippen LogP contribution in [0.2, 0.25) is 0 Å². The largest absolute Gasteiger partial charge is 0.493 e. The van der Waals surface area contributed by atoms with Gasteiger partial charge in [0.2, 0.25) is 0 Å². The number of methoxy groups -OCH3 is 3. The maximum atomic E-state index is 10.9. The molecule has 17 heavy (non-hydrogen) atoms. The lowest BCUT2D eigenvalue weighted by atomic mass is 10.2. The smallest absolute Gasteiger partial charge is 0.319 e. The molecule has 0 atom stereocenters. The number of hydrogen-bond acceptors (Lipinski definition) is 5. The van der Waals surface area contributed by atoms with Gasteiger partial charge in [-0.2, -0.15) is 0 Å². The number of benzene rings is 1. The lowest BCUT2D eigenvalue weighted by molar-refractivity contribution is -0.139. The first kappa shape index (κ1) is 13.3. The van der Waals surface area contributed by atoms with Crippen LogP contribution in [0, 0.1) is 0 Å². The van der Waals surface area contributed by atoms with Crippen molar-refractivity contribution in [2.45, 2.75) is 6.54 Å². The molecule has 0 saturated heterocycles. The zero-order chi connectivity index (χ0) is 12.7. The molecular formula is C12H17NO4. The Morgan fingerprint density at radius 1 is 1.24 bits per heavy atom. The molecule has 0 fully saturated rings. The second kappa shape index (κ2) is 6.75. The summed E-state index contributed by atoms with van der Waals surface area (Å²) in [7, 11) is 4.53. The Bertz CT molecular complexity index is 379. The number of carbonyl (C=O) groups is 1. The zero-order valence-corrected chi connectivity index (χ0v) is 10.3. The van der Waals surface area contributed by atoms with Crippen molar-refractivity contribution in [1.29, 1.82) is 0 Å². The third-order valence-electron chi connectivity index (χ3n) is 2.30. The average Bonchev–Trinajstić information content (AvgIpc) is 2.37. The quantitative estimate of drug-likeness (QED) is 0.749. The molecule has 5 nitrogen and oxygen atoms in total. The highest BCUT2D eigenvalue weighted by Crippen LogP contribution is 2.30. The minimum atomic E-state index is -0.299. The first-order valence-electron chi connectivity index (χ1n) is 5.20. The van der Waals surface area contributed by atoms with Gasteiger partial charge in [-0.15, -0.1) is 0 Å². The first-order valence-corrected chi connectivity index (χ1v) is 5.20. The highest BCUT2D eigenvalue weighted by atomic mass is 16.5. The topological polar surface area (TPSA) is 56.8 Å². The van der Waals surface area contributed by atoms with Crippen LogP contribution >= 0.6 is 0 Å². The molecule has 0 aliphatic rings. The Balaban J connectivity index is 2.67. The zero-order valence-electron chi connectivity index (χ0n) is 10.3. The highest BCUT2D eigenvalue weighted by molar-refractivity contribution is 5.71. The van der Waals surface area contributed by atoms with Crippen LogP contribution in [0.1, 0.15) is 5.56 Å². The van der Waals surface area contributed by atoms with E-state index in [9.17, 15) is 4.79 Å². The van der Waals surface area contributed by atoms with Crippen molar-refractivity contribution in [2.75, 3.05) is 27.9 Å². The van der Waals surface area contributed by atoms with Crippen LogP contribution in [0.5, 0.6) is 11.5 Å². The molecule has 0 amide bonds. The van der Waals surface area contributed by atoms with Gasteiger partial charge in [0.15, 0.2) is 11.5 Å². The van der Waals surface area contributed by atoms with Gasteiger partial charge in [-0.05, 0) is 6.07 Å². The fraction of sp³-hybridized carbons (Fsp3) is 0.417. The molecule has 0 aromatic heterocycles. The third kappa shape index (κ3) is 3.64. The van der Waals surface area contributed by atoms with Crippen molar-refractivity contribution >= 4 is 5.97 Å². The van der Waals surface area contributed by atoms with Crippen LogP contribution in [0.25, 0.3) is 0 Å². The van der Waals surface area contributed by atoms with E-state index in [1.54, 1.807) is 14.2 Å². The number of nitrogens with one attached hydrogen (secondary N) is 1. The standard InChI is InChI=1S/C12H17NO4/c1-15-10-6-4-5-9(12(10)17-3)7-13-8-11(14)16-2/h4-6,13H,7-8H2,1-3H3. The van der Waals surface area contributed by atoms with Crippen molar-refractivity contribution in [3.05, 3.63) is 23.8 Å². The molecule has 0 radical (unpaired) electrons. The van der Waals surface area contributed by atoms with Gasteiger partial charge < -0.3 is 19.5 Å². The molecule has 1 N–H and O–H groups in total. The number of carbonyl (C=O) groups excluding carboxylic acids is 1. The van der Waals surface area contributed by atoms with E-state index in [-0.39, 0.29) is 12.5 Å². The molecule has 94 valence electrons. The van der Waals surface area contributed by atoms with Crippen LogP contribution in [-0.2, 0) is 16.1 Å². The minimum Gasteiger partial charge on any atom is -0.493 e. The Hall–Kier alpha value is -1.75. The van der Waals surface area contributed by atoms with Gasteiger partial charge >= 0.3 is 5.97 Å². The first-order chi connectivity index (χ1) is 8.22. The number of hydrogen-bond donors (Lipinski definition) is 1. The van der Waals surface area contributed by atoms with Crippen molar-refractivity contribution in [1.82, 2.24) is 5.32 Å². The molecule has 1 rings (SSSR count). The van der Waals surface area contributed by atoms with Gasteiger partial charge in [0.05, 0.1) is 27.9 Å². The van der Waals surface area contributed by atoms with E-state index < -0.39 is 0 Å². The Labute approximate surface area is 101 Å². The van der Waals surface area contributed by atoms with Gasteiger partial charge in [0.25, 0.3) is 0 Å². The second-order valence-electron chi connectivity index (χ2n) is 3.33. The molecule has 0 unspecified atom stereocenters. The van der Waals surface area contributed by atoms with Gasteiger partial charge in [-0.25, -0.2) is 0 Å². The summed E-state index contributed by atoms with van der Waals surface area (Å²) in [5.74, 6) is 1.05. The molecule has 0 aliphatic carbocycles. The van der Waals surface area contributed by atoms with Crippen molar-refractivity contribution in [3.8, 4) is 11.5 Å². The Morgan fingerprint density at radius 3 is 2.59 bits per heavy atom. The molecular weight excluding hydrogens is 222 g/mol. The van der Waals surface area contributed by atoms with E-state index in [0.717, 1.165) is 5.56 Å². The SMILES string of the molecule is COC(=O)CNCc1cccc(OC)c1OC. The predicted octanol–water partition coefficient (Wildman–Crippen LogP) is 0.966. The predicted molar refractivity (Wildman–Crippen MR) is 63.3 cm³/mol. The van der Waals surface area contributed by atoms with E-state index in [4.69, 9.17) is 9.47 Å². The number of para-hydroxylation sites is 1. The van der Waals surface area contributed by atoms with Gasteiger partial charge in [-0.3, -0.25) is 4.79 Å². The minimum absolute atomic E-state index is 0.164. The number of rotatable bonds is 6. The molecule has 1 aromatic rings. The van der Waals surface area contributed by atoms with Crippen LogP contribution in [0.15, 0.2) is 18.2 Å².